The van der Waals surface area contributed by atoms with Gasteiger partial charge in [0.25, 0.3) is 5.84 Å². The lowest BCUT2D eigenvalue weighted by molar-refractivity contribution is 0.328. The normalized spacial score (nSPS) is 16.1. The van der Waals surface area contributed by atoms with E-state index in [1.165, 1.54) is 7.11 Å². The molecule has 0 aliphatic heterocycles. The Bertz CT molecular complexity index is 164. The topological polar surface area (TPSA) is 18.5 Å². The minimum absolute atomic E-state index is 0.106. The average molecular weight is 185 g/mol. The molecule has 0 amide bonds. The van der Waals surface area contributed by atoms with Crippen LogP contribution in [0.5, 0.6) is 0 Å². The van der Waals surface area contributed by atoms with Gasteiger partial charge in [0.1, 0.15) is 6.61 Å². The van der Waals surface area contributed by atoms with E-state index in [1.54, 1.807) is 0 Å². The van der Waals surface area contributed by atoms with Gasteiger partial charge in [-0.1, -0.05) is 5.92 Å². The summed E-state index contributed by atoms with van der Waals surface area (Å²) in [4.78, 5) is 0. The minimum atomic E-state index is -2.53. The van der Waals surface area contributed by atoms with Crippen LogP contribution >= 0.6 is 17.1 Å². The third-order valence-corrected chi connectivity index (χ3v) is 2.86. The first kappa shape index (κ1) is 9.42. The van der Waals surface area contributed by atoms with Gasteiger partial charge < -0.3 is 9.05 Å². The highest BCUT2D eigenvalue weighted by Crippen LogP contribution is 2.52. The van der Waals surface area contributed by atoms with E-state index >= 15 is 0 Å². The summed E-state index contributed by atoms with van der Waals surface area (Å²) in [6.07, 6.45) is 4.87. The van der Waals surface area contributed by atoms with E-state index < -0.39 is 5.84 Å². The lowest BCUT2D eigenvalue weighted by Gasteiger charge is -2.08. The first-order chi connectivity index (χ1) is 4.12. The van der Waals surface area contributed by atoms with E-state index in [2.05, 4.69) is 22.3 Å². The first-order valence-corrected chi connectivity index (χ1v) is 5.60. The maximum Gasteiger partial charge on any atom is 0.282 e. The van der Waals surface area contributed by atoms with Crippen LogP contribution in [-0.4, -0.2) is 13.7 Å². The molecular formula is C4H6ClO2PS. The van der Waals surface area contributed by atoms with Gasteiger partial charge in [-0.25, -0.2) is 0 Å². The molecular weight excluding hydrogens is 179 g/mol. The Morgan fingerprint density at radius 1 is 1.89 bits per heavy atom. The Morgan fingerprint density at radius 3 is 2.78 bits per heavy atom. The molecule has 52 valence electrons. The predicted molar refractivity (Wildman–Crippen MR) is 41.9 cm³/mol. The van der Waals surface area contributed by atoms with Crippen molar-refractivity contribution in [1.82, 2.24) is 0 Å². The smallest absolute Gasteiger partial charge is 0.282 e. The van der Waals surface area contributed by atoms with Crippen molar-refractivity contribution in [3.63, 3.8) is 0 Å². The van der Waals surface area contributed by atoms with Gasteiger partial charge in [-0.2, -0.15) is 0 Å². The summed E-state index contributed by atoms with van der Waals surface area (Å²) in [6, 6.07) is 0. The lowest BCUT2D eigenvalue weighted by Crippen LogP contribution is -1.85. The molecule has 0 bridgehead atoms. The summed E-state index contributed by atoms with van der Waals surface area (Å²) in [7, 11) is 1.39. The van der Waals surface area contributed by atoms with E-state index in [-0.39, 0.29) is 6.61 Å². The van der Waals surface area contributed by atoms with Crippen LogP contribution in [0.2, 0.25) is 0 Å². The summed E-state index contributed by atoms with van der Waals surface area (Å²) in [5.74, 6) is -0.294. The largest absolute Gasteiger partial charge is 0.321 e. The van der Waals surface area contributed by atoms with Crippen LogP contribution in [0.15, 0.2) is 0 Å². The van der Waals surface area contributed by atoms with Crippen LogP contribution in [0.25, 0.3) is 0 Å². The number of hydrogen-bond acceptors (Lipinski definition) is 3. The van der Waals surface area contributed by atoms with E-state index in [4.69, 9.17) is 22.2 Å². The molecule has 0 aliphatic carbocycles. The van der Waals surface area contributed by atoms with E-state index in [0.29, 0.717) is 0 Å². The lowest BCUT2D eigenvalue weighted by atomic mass is 10.8. The second kappa shape index (κ2) is 4.27. The summed E-state index contributed by atoms with van der Waals surface area (Å²) < 4.78 is 9.37. The summed E-state index contributed by atoms with van der Waals surface area (Å²) in [5.41, 5.74) is 0. The van der Waals surface area contributed by atoms with Crippen LogP contribution in [0.3, 0.4) is 0 Å². The maximum absolute atomic E-state index is 5.49. The van der Waals surface area contributed by atoms with Gasteiger partial charge in [-0.3, -0.25) is 0 Å². The molecule has 0 fully saturated rings. The van der Waals surface area contributed by atoms with Crippen molar-refractivity contribution >= 4 is 28.9 Å². The highest BCUT2D eigenvalue weighted by atomic mass is 35.7. The Kier molecular flexibility index (Phi) is 4.47. The van der Waals surface area contributed by atoms with Crippen LogP contribution in [0.1, 0.15) is 0 Å². The zero-order valence-corrected chi connectivity index (χ0v) is 7.30. The molecule has 0 N–H and O–H groups in total. The van der Waals surface area contributed by atoms with Gasteiger partial charge in [-0.05, 0) is 23.0 Å². The molecule has 0 rings (SSSR count). The monoisotopic (exact) mass is 184 g/mol. The van der Waals surface area contributed by atoms with Crippen molar-refractivity contribution in [2.45, 2.75) is 0 Å². The molecule has 0 radical (unpaired) electrons. The quantitative estimate of drug-likeness (QED) is 0.492. The van der Waals surface area contributed by atoms with Gasteiger partial charge in [0.2, 0.25) is 0 Å². The van der Waals surface area contributed by atoms with Crippen molar-refractivity contribution in [1.29, 1.82) is 0 Å². The number of hydrogen-bond donors (Lipinski definition) is 0. The summed E-state index contributed by atoms with van der Waals surface area (Å²) in [6.45, 7) is 0.106. The Morgan fingerprint density at radius 2 is 2.44 bits per heavy atom. The summed E-state index contributed by atoms with van der Waals surface area (Å²) in [5, 5.41) is 0. The van der Waals surface area contributed by atoms with Gasteiger partial charge >= 0.3 is 0 Å². The standard InChI is InChI=1S/C4H6ClO2PS/c1-3-4-7-8(5,9)6-2/h1H,4H2,2H3. The number of terminal acetylenes is 1. The van der Waals surface area contributed by atoms with Crippen molar-refractivity contribution in [3.8, 4) is 12.3 Å². The van der Waals surface area contributed by atoms with Crippen molar-refractivity contribution in [2.24, 2.45) is 0 Å². The highest BCUT2D eigenvalue weighted by Gasteiger charge is 2.09. The molecule has 1 atom stereocenters. The molecule has 0 aromatic heterocycles. The van der Waals surface area contributed by atoms with Crippen LogP contribution in [-0.2, 0) is 20.9 Å². The third kappa shape index (κ3) is 4.90. The minimum Gasteiger partial charge on any atom is -0.321 e. The van der Waals surface area contributed by atoms with Crippen molar-refractivity contribution in [2.75, 3.05) is 13.7 Å². The molecule has 0 aromatic rings. The molecule has 2 nitrogen and oxygen atoms in total. The molecule has 0 heterocycles. The molecule has 0 spiro atoms. The van der Waals surface area contributed by atoms with Crippen molar-refractivity contribution in [3.05, 3.63) is 0 Å². The summed E-state index contributed by atoms with van der Waals surface area (Å²) >= 11 is 10.1. The van der Waals surface area contributed by atoms with E-state index in [1.807, 2.05) is 0 Å². The molecule has 5 heteroatoms. The maximum atomic E-state index is 5.49. The Labute approximate surface area is 64.4 Å². The molecule has 0 saturated heterocycles. The van der Waals surface area contributed by atoms with E-state index in [0.717, 1.165) is 0 Å². The fraction of sp³-hybridized carbons (Fsp3) is 0.500. The molecule has 0 aromatic carbocycles. The third-order valence-electron chi connectivity index (χ3n) is 0.520. The Balaban J connectivity index is 3.63. The Hall–Kier alpha value is 0.420. The predicted octanol–water partition coefficient (Wildman–Crippen LogP) is 1.75. The van der Waals surface area contributed by atoms with E-state index in [9.17, 15) is 0 Å². The zero-order valence-electron chi connectivity index (χ0n) is 4.83. The average Bonchev–Trinajstić information content (AvgIpc) is 1.84. The second-order valence-electron chi connectivity index (χ2n) is 1.09. The first-order valence-electron chi connectivity index (χ1n) is 2.06. The zero-order chi connectivity index (χ0) is 7.33. The molecule has 0 aliphatic rings. The van der Waals surface area contributed by atoms with Crippen LogP contribution in [0.4, 0.5) is 0 Å². The SMILES string of the molecule is C#CCOP(=S)(Cl)OC. The van der Waals surface area contributed by atoms with Crippen LogP contribution in [0, 0.1) is 12.3 Å². The van der Waals surface area contributed by atoms with Gasteiger partial charge in [-0.15, -0.1) is 6.42 Å². The van der Waals surface area contributed by atoms with Crippen molar-refractivity contribution < 1.29 is 9.05 Å². The molecule has 0 saturated carbocycles. The van der Waals surface area contributed by atoms with Gasteiger partial charge in [0.15, 0.2) is 0 Å². The fourth-order valence-electron chi connectivity index (χ4n) is 0.167. The highest BCUT2D eigenvalue weighted by molar-refractivity contribution is 8.22. The second-order valence-corrected chi connectivity index (χ2v) is 5.95. The molecule has 1 unspecified atom stereocenters. The number of halogens is 1. The van der Waals surface area contributed by atoms with Gasteiger partial charge in [0, 0.05) is 7.11 Å². The fourth-order valence-corrected chi connectivity index (χ4v) is 0.806. The van der Waals surface area contributed by atoms with Gasteiger partial charge in [0.05, 0.1) is 0 Å². The number of rotatable bonds is 3. The van der Waals surface area contributed by atoms with Crippen LogP contribution < -0.4 is 0 Å². The molecule has 9 heavy (non-hydrogen) atoms.